The highest BCUT2D eigenvalue weighted by atomic mass is 79.9. The first-order chi connectivity index (χ1) is 13.6. The Hall–Kier alpha value is -3.12. The fourth-order valence-electron chi connectivity index (χ4n) is 2.72. The van der Waals surface area contributed by atoms with Crippen LogP contribution in [0.3, 0.4) is 0 Å². The van der Waals surface area contributed by atoms with Gasteiger partial charge in [-0.3, -0.25) is 9.59 Å². The predicted molar refractivity (Wildman–Crippen MR) is 114 cm³/mol. The molecule has 0 saturated carbocycles. The van der Waals surface area contributed by atoms with Crippen molar-refractivity contribution in [2.45, 2.75) is 0 Å². The molecule has 3 aromatic rings. The zero-order valence-corrected chi connectivity index (χ0v) is 16.8. The molecule has 0 aliphatic heterocycles. The number of carbonyl (C=O) groups is 2. The number of amides is 1. The van der Waals surface area contributed by atoms with E-state index in [1.807, 2.05) is 36.4 Å². The molecule has 0 heterocycles. The number of hydrogen-bond donors (Lipinski definition) is 2. The molecule has 1 amide bonds. The summed E-state index contributed by atoms with van der Waals surface area (Å²) in [4.78, 5) is 25.2. The van der Waals surface area contributed by atoms with E-state index < -0.39 is 0 Å². The Kier molecular flexibility index (Phi) is 6.45. The predicted octanol–water partition coefficient (Wildman–Crippen LogP) is 4.74. The summed E-state index contributed by atoms with van der Waals surface area (Å²) in [7, 11) is 1.55. The minimum atomic E-state index is -0.245. The molecule has 0 aromatic heterocycles. The number of para-hydroxylation sites is 2. The van der Waals surface area contributed by atoms with E-state index in [1.165, 1.54) is 0 Å². The third-order valence-electron chi connectivity index (χ3n) is 4.08. The van der Waals surface area contributed by atoms with E-state index in [2.05, 4.69) is 26.6 Å². The molecule has 142 valence electrons. The molecule has 0 aliphatic rings. The van der Waals surface area contributed by atoms with Crippen molar-refractivity contribution in [3.63, 3.8) is 0 Å². The number of anilines is 2. The summed E-state index contributed by atoms with van der Waals surface area (Å²) < 4.78 is 6.02. The summed E-state index contributed by atoms with van der Waals surface area (Å²) in [5, 5.41) is 5.86. The molecular formula is C22H19BrN2O3. The number of methoxy groups -OCH3 is 1. The van der Waals surface area contributed by atoms with Gasteiger partial charge in [0.05, 0.1) is 19.3 Å². The highest BCUT2D eigenvalue weighted by Crippen LogP contribution is 2.25. The average molecular weight is 439 g/mol. The lowest BCUT2D eigenvalue weighted by Gasteiger charge is -2.13. The molecule has 0 radical (unpaired) electrons. The molecule has 0 aliphatic carbocycles. The van der Waals surface area contributed by atoms with Crippen LogP contribution in [0.5, 0.6) is 5.75 Å². The van der Waals surface area contributed by atoms with Gasteiger partial charge in [0.15, 0.2) is 5.78 Å². The fourth-order valence-corrected chi connectivity index (χ4v) is 3.08. The Bertz CT molecular complexity index is 990. The molecule has 0 bridgehead atoms. The number of benzene rings is 3. The Balaban J connectivity index is 1.74. The maximum atomic E-state index is 12.9. The van der Waals surface area contributed by atoms with Crippen LogP contribution < -0.4 is 15.4 Å². The fraction of sp³-hybridized carbons (Fsp3) is 0.0909. The summed E-state index contributed by atoms with van der Waals surface area (Å²) in [6.07, 6.45) is 0. The van der Waals surface area contributed by atoms with Crippen LogP contribution in [-0.4, -0.2) is 25.3 Å². The third-order valence-corrected chi connectivity index (χ3v) is 4.58. The van der Waals surface area contributed by atoms with Gasteiger partial charge in [-0.1, -0.05) is 58.4 Å². The zero-order chi connectivity index (χ0) is 19.9. The van der Waals surface area contributed by atoms with Gasteiger partial charge in [-0.15, -0.1) is 0 Å². The topological polar surface area (TPSA) is 67.4 Å². The number of rotatable bonds is 7. The average Bonchev–Trinajstić information content (AvgIpc) is 2.73. The van der Waals surface area contributed by atoms with E-state index in [1.54, 1.807) is 43.5 Å². The van der Waals surface area contributed by atoms with Crippen molar-refractivity contribution in [1.29, 1.82) is 0 Å². The number of halogens is 1. The van der Waals surface area contributed by atoms with Gasteiger partial charge in [0, 0.05) is 21.3 Å². The summed E-state index contributed by atoms with van der Waals surface area (Å²) in [5.74, 6) is 0.222. The molecule has 5 nitrogen and oxygen atoms in total. The van der Waals surface area contributed by atoms with Crippen LogP contribution in [0.25, 0.3) is 0 Å². The van der Waals surface area contributed by atoms with E-state index in [-0.39, 0.29) is 18.2 Å². The van der Waals surface area contributed by atoms with E-state index in [0.29, 0.717) is 28.3 Å². The van der Waals surface area contributed by atoms with Crippen LogP contribution in [0.2, 0.25) is 0 Å². The lowest BCUT2D eigenvalue weighted by atomic mass is 10.0. The quantitative estimate of drug-likeness (QED) is 0.522. The summed E-state index contributed by atoms with van der Waals surface area (Å²) in [6.45, 7) is 0.00868. The summed E-state index contributed by atoms with van der Waals surface area (Å²) in [6, 6.07) is 21.6. The maximum Gasteiger partial charge on any atom is 0.243 e. The van der Waals surface area contributed by atoms with Gasteiger partial charge in [-0.25, -0.2) is 0 Å². The molecule has 0 spiro atoms. The van der Waals surface area contributed by atoms with Gasteiger partial charge in [-0.2, -0.15) is 0 Å². The van der Waals surface area contributed by atoms with Crippen LogP contribution in [0.15, 0.2) is 77.3 Å². The number of ketones is 1. The zero-order valence-electron chi connectivity index (χ0n) is 15.2. The Labute approximate surface area is 171 Å². The monoisotopic (exact) mass is 438 g/mol. The van der Waals surface area contributed by atoms with Crippen molar-refractivity contribution in [1.82, 2.24) is 0 Å². The first kappa shape index (κ1) is 19.6. The molecule has 3 rings (SSSR count). The van der Waals surface area contributed by atoms with Gasteiger partial charge in [0.1, 0.15) is 5.75 Å². The van der Waals surface area contributed by atoms with Crippen LogP contribution in [0, 0.1) is 0 Å². The van der Waals surface area contributed by atoms with Crippen LogP contribution in [0.1, 0.15) is 15.9 Å². The highest BCUT2D eigenvalue weighted by molar-refractivity contribution is 9.10. The summed E-state index contributed by atoms with van der Waals surface area (Å²) in [5.41, 5.74) is 2.26. The van der Waals surface area contributed by atoms with Gasteiger partial charge >= 0.3 is 0 Å². The lowest BCUT2D eigenvalue weighted by Crippen LogP contribution is -2.23. The van der Waals surface area contributed by atoms with Crippen molar-refractivity contribution in [2.75, 3.05) is 24.3 Å². The maximum absolute atomic E-state index is 12.9. The minimum absolute atomic E-state index is 0.00868. The van der Waals surface area contributed by atoms with Crippen LogP contribution in [-0.2, 0) is 4.79 Å². The van der Waals surface area contributed by atoms with Gasteiger partial charge in [0.25, 0.3) is 0 Å². The van der Waals surface area contributed by atoms with Crippen molar-refractivity contribution >= 4 is 39.0 Å². The van der Waals surface area contributed by atoms with Gasteiger partial charge in [0.2, 0.25) is 5.91 Å². The third kappa shape index (κ3) is 4.78. The summed E-state index contributed by atoms with van der Waals surface area (Å²) >= 11 is 3.40. The number of nitrogens with one attached hydrogen (secondary N) is 2. The number of ether oxygens (including phenoxy) is 1. The van der Waals surface area contributed by atoms with Crippen molar-refractivity contribution in [3.05, 3.63) is 88.4 Å². The van der Waals surface area contributed by atoms with E-state index in [0.717, 1.165) is 4.47 Å². The Morgan fingerprint density at radius 1 is 0.929 bits per heavy atom. The van der Waals surface area contributed by atoms with E-state index in [4.69, 9.17) is 4.74 Å². The normalized spacial score (nSPS) is 10.2. The van der Waals surface area contributed by atoms with Crippen molar-refractivity contribution in [2.24, 2.45) is 0 Å². The molecule has 0 unspecified atom stereocenters. The molecule has 3 aromatic carbocycles. The molecule has 28 heavy (non-hydrogen) atoms. The number of hydrogen-bond acceptors (Lipinski definition) is 4. The van der Waals surface area contributed by atoms with Gasteiger partial charge < -0.3 is 15.4 Å². The minimum Gasteiger partial charge on any atom is -0.495 e. The standard InChI is InChI=1S/C22H19BrN2O3/c1-28-20-10-6-5-9-19(20)25-21(26)14-24-18-12-11-16(23)13-17(18)22(27)15-7-3-2-4-8-15/h2-13,24H,14H2,1H3,(H,25,26). The molecule has 2 N–H and O–H groups in total. The molecule has 0 atom stereocenters. The smallest absolute Gasteiger partial charge is 0.243 e. The Morgan fingerprint density at radius 3 is 2.39 bits per heavy atom. The second-order valence-corrected chi connectivity index (χ2v) is 6.90. The molecule has 0 saturated heterocycles. The Morgan fingerprint density at radius 2 is 1.64 bits per heavy atom. The number of carbonyl (C=O) groups excluding carboxylic acids is 2. The van der Waals surface area contributed by atoms with Crippen LogP contribution >= 0.6 is 15.9 Å². The van der Waals surface area contributed by atoms with E-state index in [9.17, 15) is 9.59 Å². The first-order valence-corrected chi connectivity index (χ1v) is 9.44. The van der Waals surface area contributed by atoms with E-state index >= 15 is 0 Å². The first-order valence-electron chi connectivity index (χ1n) is 8.64. The van der Waals surface area contributed by atoms with Crippen molar-refractivity contribution in [3.8, 4) is 5.75 Å². The second-order valence-electron chi connectivity index (χ2n) is 5.99. The molecule has 6 heteroatoms. The van der Waals surface area contributed by atoms with Crippen LogP contribution in [0.4, 0.5) is 11.4 Å². The van der Waals surface area contributed by atoms with Crippen molar-refractivity contribution < 1.29 is 14.3 Å². The molecule has 0 fully saturated rings. The second kappa shape index (κ2) is 9.19. The SMILES string of the molecule is COc1ccccc1NC(=O)CNc1ccc(Br)cc1C(=O)c1ccccc1. The van der Waals surface area contributed by atoms with Gasteiger partial charge in [-0.05, 0) is 30.3 Å². The highest BCUT2D eigenvalue weighted by Gasteiger charge is 2.15. The molecular weight excluding hydrogens is 420 g/mol. The largest absolute Gasteiger partial charge is 0.495 e. The lowest BCUT2D eigenvalue weighted by molar-refractivity contribution is -0.114.